The molecule has 3 N–H and O–H groups in total. The Bertz CT molecular complexity index is 1200. The molecule has 168 valence electrons. The predicted octanol–water partition coefficient (Wildman–Crippen LogP) is 4.68. The number of hydrogen-bond donors (Lipinski definition) is 2. The maximum Gasteiger partial charge on any atom is 0.263 e. The van der Waals surface area contributed by atoms with Gasteiger partial charge in [-0.15, -0.1) is 11.3 Å². The summed E-state index contributed by atoms with van der Waals surface area (Å²) in [5, 5.41) is 3.10. The number of anilines is 2. The third-order valence-corrected chi connectivity index (χ3v) is 7.68. The molecular formula is C23H23F3N4OS. The first kappa shape index (κ1) is 21.1. The van der Waals surface area contributed by atoms with Crippen molar-refractivity contribution in [2.75, 3.05) is 30.3 Å². The molecule has 0 spiro atoms. The van der Waals surface area contributed by atoms with Crippen LogP contribution in [0.3, 0.4) is 0 Å². The standard InChI is InChI=1S/C23H23F3N4OS/c1-11(7-28-22(31)21-20(27)16-4-14(24)8-29-23(16)32-21)15-5-18(26)19(6-17(15)25)30-9-12-2-13(3-12)10-30/h4-6,8,11-13H,2-3,7,9-10,27H2,1H3,(H,28,31)/t11-,12?,13?/m1/s1. The molecule has 3 aliphatic rings. The van der Waals surface area contributed by atoms with Crippen molar-refractivity contribution < 1.29 is 18.0 Å². The molecule has 1 saturated carbocycles. The quantitative estimate of drug-likeness (QED) is 0.580. The SMILES string of the molecule is C[C@H](CNC(=O)c1sc2ncc(F)cc2c1N)c1cc(F)c(N2CC3CC(C3)C2)cc1F. The Morgan fingerprint density at radius 1 is 1.22 bits per heavy atom. The van der Waals surface area contributed by atoms with Crippen molar-refractivity contribution in [3.63, 3.8) is 0 Å². The lowest BCUT2D eigenvalue weighted by Crippen LogP contribution is -2.49. The maximum absolute atomic E-state index is 14.9. The number of nitrogens with zero attached hydrogens (tertiary/aromatic N) is 2. The van der Waals surface area contributed by atoms with Gasteiger partial charge < -0.3 is 16.0 Å². The lowest BCUT2D eigenvalue weighted by molar-refractivity contribution is 0.0956. The monoisotopic (exact) mass is 460 g/mol. The second-order valence-electron chi connectivity index (χ2n) is 8.90. The van der Waals surface area contributed by atoms with Crippen LogP contribution in [0.15, 0.2) is 24.4 Å². The zero-order valence-corrected chi connectivity index (χ0v) is 18.3. The van der Waals surface area contributed by atoms with Gasteiger partial charge in [0, 0.05) is 37.0 Å². The minimum atomic E-state index is -0.537. The molecule has 3 fully saturated rings. The van der Waals surface area contributed by atoms with Gasteiger partial charge in [0.1, 0.15) is 27.2 Å². The van der Waals surface area contributed by atoms with E-state index in [1.807, 2.05) is 4.90 Å². The Morgan fingerprint density at radius 3 is 2.66 bits per heavy atom. The second kappa shape index (κ2) is 7.95. The highest BCUT2D eigenvalue weighted by molar-refractivity contribution is 7.21. The lowest BCUT2D eigenvalue weighted by atomic mass is 9.71. The Morgan fingerprint density at radius 2 is 1.94 bits per heavy atom. The number of halogens is 3. The molecule has 1 aromatic carbocycles. The van der Waals surface area contributed by atoms with Gasteiger partial charge in [0.15, 0.2) is 0 Å². The molecule has 2 aliphatic heterocycles. The van der Waals surface area contributed by atoms with E-state index in [0.717, 1.165) is 30.6 Å². The molecular weight excluding hydrogens is 437 g/mol. The summed E-state index contributed by atoms with van der Waals surface area (Å²) in [4.78, 5) is 19.2. The number of pyridine rings is 1. The molecule has 1 aliphatic carbocycles. The number of nitrogen functional groups attached to an aromatic ring is 1. The van der Waals surface area contributed by atoms with Crippen LogP contribution in [-0.4, -0.2) is 30.5 Å². The van der Waals surface area contributed by atoms with Crippen molar-refractivity contribution in [1.82, 2.24) is 10.3 Å². The number of rotatable bonds is 5. The molecule has 9 heteroatoms. The Balaban J connectivity index is 1.29. The molecule has 1 amide bonds. The fourth-order valence-corrected chi connectivity index (χ4v) is 5.78. The number of piperidine rings is 2. The van der Waals surface area contributed by atoms with Gasteiger partial charge in [0.05, 0.1) is 17.6 Å². The van der Waals surface area contributed by atoms with Crippen molar-refractivity contribution >= 4 is 38.8 Å². The van der Waals surface area contributed by atoms with Crippen LogP contribution in [0.2, 0.25) is 0 Å². The number of nitrogens with one attached hydrogen (secondary N) is 1. The smallest absolute Gasteiger partial charge is 0.263 e. The fraction of sp³-hybridized carbons (Fsp3) is 0.391. The van der Waals surface area contributed by atoms with Gasteiger partial charge >= 0.3 is 0 Å². The zero-order chi connectivity index (χ0) is 22.6. The Hall–Kier alpha value is -2.81. The number of carbonyl (C=O) groups excluding carboxylic acids is 1. The van der Waals surface area contributed by atoms with Crippen LogP contribution in [-0.2, 0) is 0 Å². The predicted molar refractivity (Wildman–Crippen MR) is 120 cm³/mol. The van der Waals surface area contributed by atoms with Gasteiger partial charge in [-0.25, -0.2) is 18.2 Å². The van der Waals surface area contributed by atoms with Crippen molar-refractivity contribution in [2.24, 2.45) is 11.8 Å². The number of amides is 1. The molecule has 2 bridgehead atoms. The van der Waals surface area contributed by atoms with E-state index in [1.54, 1.807) is 6.92 Å². The van der Waals surface area contributed by atoms with E-state index >= 15 is 0 Å². The summed E-state index contributed by atoms with van der Waals surface area (Å²) in [6, 6.07) is 3.75. The number of fused-ring (bicyclic) bond motifs is 3. The Kier molecular flexibility index (Phi) is 5.23. The first-order chi connectivity index (χ1) is 15.3. The van der Waals surface area contributed by atoms with E-state index in [-0.39, 0.29) is 22.7 Å². The summed E-state index contributed by atoms with van der Waals surface area (Å²) in [6.45, 7) is 3.36. The van der Waals surface area contributed by atoms with Gasteiger partial charge in [-0.2, -0.15) is 0 Å². The molecule has 2 aromatic heterocycles. The van der Waals surface area contributed by atoms with E-state index in [2.05, 4.69) is 10.3 Å². The third kappa shape index (κ3) is 3.68. The second-order valence-corrected chi connectivity index (χ2v) is 9.89. The average molecular weight is 461 g/mol. The molecule has 1 atom stereocenters. The van der Waals surface area contributed by atoms with Crippen LogP contribution in [0, 0.1) is 29.3 Å². The number of aromatic nitrogens is 1. The van der Waals surface area contributed by atoms with E-state index in [0.29, 0.717) is 27.7 Å². The minimum Gasteiger partial charge on any atom is -0.397 e. The molecule has 6 rings (SSSR count). The molecule has 32 heavy (non-hydrogen) atoms. The summed E-state index contributed by atoms with van der Waals surface area (Å²) in [7, 11) is 0. The van der Waals surface area contributed by atoms with Crippen molar-refractivity contribution in [2.45, 2.75) is 25.7 Å². The normalized spacial score (nSPS) is 20.8. The maximum atomic E-state index is 14.9. The van der Waals surface area contributed by atoms with Crippen molar-refractivity contribution in [3.8, 4) is 0 Å². The van der Waals surface area contributed by atoms with Crippen LogP contribution in [0.25, 0.3) is 10.2 Å². The summed E-state index contributed by atoms with van der Waals surface area (Å²) >= 11 is 1.06. The topological polar surface area (TPSA) is 71.2 Å². The largest absolute Gasteiger partial charge is 0.397 e. The third-order valence-electron chi connectivity index (χ3n) is 6.55. The van der Waals surface area contributed by atoms with Crippen LogP contribution in [0.4, 0.5) is 24.5 Å². The van der Waals surface area contributed by atoms with Gasteiger partial charge in [-0.1, -0.05) is 6.92 Å². The highest BCUT2D eigenvalue weighted by atomic mass is 32.1. The summed E-state index contributed by atoms with van der Waals surface area (Å²) in [5.41, 5.74) is 6.68. The molecule has 2 saturated heterocycles. The average Bonchev–Trinajstić information content (AvgIpc) is 3.08. The fourth-order valence-electron chi connectivity index (χ4n) is 4.82. The van der Waals surface area contributed by atoms with Gasteiger partial charge in [0.2, 0.25) is 0 Å². The molecule has 5 nitrogen and oxygen atoms in total. The molecule has 0 unspecified atom stereocenters. The van der Waals surface area contributed by atoms with Gasteiger partial charge in [0.25, 0.3) is 5.91 Å². The summed E-state index contributed by atoms with van der Waals surface area (Å²) < 4.78 is 43.1. The highest BCUT2D eigenvalue weighted by Crippen LogP contribution is 2.42. The van der Waals surface area contributed by atoms with Gasteiger partial charge in [-0.05, 0) is 42.4 Å². The first-order valence-corrected chi connectivity index (χ1v) is 11.5. The summed E-state index contributed by atoms with van der Waals surface area (Å²) in [6.07, 6.45) is 3.44. The van der Waals surface area contributed by atoms with Crippen LogP contribution < -0.4 is 16.0 Å². The van der Waals surface area contributed by atoms with Crippen LogP contribution in [0.1, 0.15) is 40.9 Å². The number of hydrogen-bond acceptors (Lipinski definition) is 5. The van der Waals surface area contributed by atoms with Gasteiger partial charge in [-0.3, -0.25) is 4.79 Å². The molecule has 0 radical (unpaired) electrons. The number of carbonyl (C=O) groups is 1. The number of nitrogens with two attached hydrogens (primary N) is 1. The van der Waals surface area contributed by atoms with E-state index in [9.17, 15) is 18.0 Å². The van der Waals surface area contributed by atoms with E-state index < -0.39 is 29.3 Å². The first-order valence-electron chi connectivity index (χ1n) is 10.7. The Labute approximate surface area is 187 Å². The van der Waals surface area contributed by atoms with Crippen LogP contribution >= 0.6 is 11.3 Å². The van der Waals surface area contributed by atoms with E-state index in [1.165, 1.54) is 31.0 Å². The lowest BCUT2D eigenvalue weighted by Gasteiger charge is -2.48. The molecule has 4 heterocycles. The van der Waals surface area contributed by atoms with Crippen LogP contribution in [0.5, 0.6) is 0 Å². The minimum absolute atomic E-state index is 0.0951. The molecule has 3 aromatic rings. The highest BCUT2D eigenvalue weighted by Gasteiger charge is 2.38. The van der Waals surface area contributed by atoms with Crippen molar-refractivity contribution in [1.29, 1.82) is 0 Å². The number of thiophene rings is 1. The summed E-state index contributed by atoms with van der Waals surface area (Å²) in [5.74, 6) is -1.21. The van der Waals surface area contributed by atoms with Crippen molar-refractivity contribution in [3.05, 3.63) is 52.3 Å². The van der Waals surface area contributed by atoms with E-state index in [4.69, 9.17) is 5.73 Å². The zero-order valence-electron chi connectivity index (χ0n) is 17.5. The number of benzene rings is 1.